The van der Waals surface area contributed by atoms with Crippen molar-refractivity contribution < 1.29 is 82.4 Å². The molecule has 0 radical (unpaired) electrons. The number of carbonyl (C=O) groups is 7. The molecule has 6 rings (SSSR count). The van der Waals surface area contributed by atoms with Gasteiger partial charge in [0.15, 0.2) is 23.6 Å². The van der Waals surface area contributed by atoms with Gasteiger partial charge in [0.1, 0.15) is 29.5 Å². The van der Waals surface area contributed by atoms with E-state index in [2.05, 4.69) is 5.32 Å². The molecule has 1 saturated heterocycles. The lowest BCUT2D eigenvalue weighted by atomic mass is 9.44. The van der Waals surface area contributed by atoms with Gasteiger partial charge < -0.3 is 54.2 Å². The van der Waals surface area contributed by atoms with Crippen LogP contribution in [0.4, 0.5) is 4.79 Å². The summed E-state index contributed by atoms with van der Waals surface area (Å²) < 4.78 is 35.9. The summed E-state index contributed by atoms with van der Waals surface area (Å²) >= 11 is 0. The van der Waals surface area contributed by atoms with E-state index in [1.165, 1.54) is 46.9 Å². The van der Waals surface area contributed by atoms with Crippen LogP contribution >= 0.6 is 0 Å². The minimum atomic E-state index is -2.50. The number of alkyl carbamates (subject to hydrolysis) is 1. The lowest BCUT2D eigenvalue weighted by Gasteiger charge is -2.67. The predicted molar refractivity (Wildman–Crippen MR) is 233 cm³/mol. The van der Waals surface area contributed by atoms with Crippen LogP contribution in [0.2, 0.25) is 0 Å². The number of carbonyl (C=O) groups excluding carboxylic acids is 6. The Kier molecular flexibility index (Phi) is 14.2. The van der Waals surface area contributed by atoms with E-state index in [4.69, 9.17) is 28.4 Å². The van der Waals surface area contributed by atoms with Crippen LogP contribution in [0.1, 0.15) is 90.2 Å². The predicted octanol–water partition coefficient (Wildman–Crippen LogP) is 2.83. The van der Waals surface area contributed by atoms with Gasteiger partial charge in [0, 0.05) is 25.2 Å². The van der Waals surface area contributed by atoms with Crippen molar-refractivity contribution in [1.82, 2.24) is 10.2 Å². The molecule has 5 N–H and O–H groups in total. The number of ether oxygens (including phenoxy) is 6. The molecule has 0 spiro atoms. The number of benzene rings is 2. The molecule has 11 atom stereocenters. The van der Waals surface area contributed by atoms with E-state index in [1.54, 1.807) is 69.3 Å². The lowest BCUT2D eigenvalue weighted by molar-refractivity contribution is -0.346. The number of amides is 1. The number of Topliss-reactive ketones (excluding diaryl/α,β-unsaturated/α-hetero) is 1. The molecule has 2 saturated carbocycles. The van der Waals surface area contributed by atoms with E-state index in [1.807, 2.05) is 0 Å². The third-order valence-corrected chi connectivity index (χ3v) is 13.6. The number of fused-ring (bicyclic) bond motifs is 5. The summed E-state index contributed by atoms with van der Waals surface area (Å²) in [5.74, 6) is -8.12. The van der Waals surface area contributed by atoms with Crippen molar-refractivity contribution in [2.75, 3.05) is 26.7 Å². The molecule has 19 heteroatoms. The van der Waals surface area contributed by atoms with E-state index in [-0.39, 0.29) is 35.3 Å². The van der Waals surface area contributed by atoms with Crippen LogP contribution in [-0.2, 0) is 52.4 Å². The number of carboxylic acid groups (broad SMARTS) is 1. The zero-order valence-electron chi connectivity index (χ0n) is 39.0. The molecular formula is C48H60N2O17. The second-order valence-electron chi connectivity index (χ2n) is 19.6. The Morgan fingerprint density at radius 1 is 0.940 bits per heavy atom. The van der Waals surface area contributed by atoms with E-state index in [9.17, 15) is 49.2 Å². The van der Waals surface area contributed by atoms with Crippen LogP contribution in [0, 0.1) is 16.7 Å². The van der Waals surface area contributed by atoms with Crippen LogP contribution in [0.5, 0.6) is 0 Å². The van der Waals surface area contributed by atoms with Gasteiger partial charge in [0.05, 0.1) is 48.7 Å². The fourth-order valence-corrected chi connectivity index (χ4v) is 10.3. The number of nitrogens with zero attached hydrogens (tertiary/aromatic N) is 1. The molecule has 0 unspecified atom stereocenters. The van der Waals surface area contributed by atoms with Crippen LogP contribution in [0.15, 0.2) is 71.8 Å². The topological polar surface area (TPSA) is 271 Å². The SMILES string of the molecule is CC(=O)O[C@@]12CO[C@@H]1C[C@H](O)[C@@]1(C)C(=O)[C@H](OC(=O)CN(C)CC(=O)O)C3=C(C)[C@@H](OC(=O)[C@H](O)[C@@H](NC(=O)OC(C)(C)C)c4ccccc4)C[C@@](O)([C@@H](OC(=O)c4ccccc4)[C@H]21)C3(C)C. The number of aliphatic hydroxyl groups excluding tert-OH is 2. The van der Waals surface area contributed by atoms with Crippen molar-refractivity contribution in [3.05, 3.63) is 82.9 Å². The molecule has 1 heterocycles. The number of aliphatic hydroxyl groups is 3. The standard InChI is InChI=1S/C48H60N2O17/c1-25-29(63-42(59)36(56)35(27-16-12-10-13-17-27)49-43(60)67-44(3,4)5)21-48(61)40(65-41(58)28-18-14-11-15-19-28)38-46(8,30(52)20-31-47(38,24-62-31)66-26(2)51)39(57)37(34(25)45(48,6)7)64-33(55)23-50(9)22-32(53)54/h10-19,29-31,35-38,40,52,56,61H,20-24H2,1-9H3,(H,49,60)(H,53,54)/t29-,30-,31+,35-,36+,37+,38-,40-,46+,47-,48+/m0/s1. The average molecular weight is 937 g/mol. The first-order valence-electron chi connectivity index (χ1n) is 21.9. The zero-order valence-corrected chi connectivity index (χ0v) is 39.0. The second kappa shape index (κ2) is 18.7. The number of aliphatic carboxylic acids is 1. The number of carboxylic acids is 1. The maximum absolute atomic E-state index is 15.8. The van der Waals surface area contributed by atoms with Crippen molar-refractivity contribution in [2.24, 2.45) is 16.7 Å². The first-order valence-corrected chi connectivity index (χ1v) is 21.9. The molecular weight excluding hydrogens is 877 g/mol. The molecule has 2 aromatic carbocycles. The van der Waals surface area contributed by atoms with Crippen molar-refractivity contribution >= 4 is 41.7 Å². The molecule has 4 aliphatic rings. The minimum absolute atomic E-state index is 0.0221. The Morgan fingerprint density at radius 3 is 2.10 bits per heavy atom. The first-order chi connectivity index (χ1) is 31.2. The maximum Gasteiger partial charge on any atom is 0.408 e. The average Bonchev–Trinajstić information content (AvgIpc) is 3.23. The van der Waals surface area contributed by atoms with Gasteiger partial charge in [-0.05, 0) is 70.5 Å². The maximum atomic E-state index is 15.8. The van der Waals surface area contributed by atoms with Gasteiger partial charge in [-0.3, -0.25) is 24.1 Å². The Bertz CT molecular complexity index is 2290. The van der Waals surface area contributed by atoms with Gasteiger partial charge in [0.25, 0.3) is 0 Å². The van der Waals surface area contributed by atoms with Crippen molar-refractivity contribution in [3.63, 3.8) is 0 Å². The van der Waals surface area contributed by atoms with E-state index in [0.717, 1.165) is 11.8 Å². The van der Waals surface area contributed by atoms with Gasteiger partial charge in [-0.25, -0.2) is 14.4 Å². The molecule has 0 aromatic heterocycles. The van der Waals surface area contributed by atoms with Crippen molar-refractivity contribution in [1.29, 1.82) is 0 Å². The Morgan fingerprint density at radius 2 is 1.55 bits per heavy atom. The molecule has 2 bridgehead atoms. The van der Waals surface area contributed by atoms with Gasteiger partial charge in [-0.1, -0.05) is 62.4 Å². The number of hydrogen-bond donors (Lipinski definition) is 5. The fourth-order valence-electron chi connectivity index (χ4n) is 10.3. The summed E-state index contributed by atoms with van der Waals surface area (Å²) in [7, 11) is 1.33. The third-order valence-electron chi connectivity index (χ3n) is 13.6. The molecule has 67 heavy (non-hydrogen) atoms. The first kappa shape index (κ1) is 50.7. The van der Waals surface area contributed by atoms with Gasteiger partial charge >= 0.3 is 35.9 Å². The minimum Gasteiger partial charge on any atom is -0.480 e. The molecule has 19 nitrogen and oxygen atoms in total. The monoisotopic (exact) mass is 936 g/mol. The molecule has 1 aliphatic heterocycles. The third kappa shape index (κ3) is 9.56. The highest BCUT2D eigenvalue weighted by atomic mass is 16.6. The highest BCUT2D eigenvalue weighted by molar-refractivity contribution is 5.96. The summed E-state index contributed by atoms with van der Waals surface area (Å²) in [5, 5.41) is 49.7. The van der Waals surface area contributed by atoms with E-state index < -0.39 is 137 Å². The number of rotatable bonds is 13. The van der Waals surface area contributed by atoms with Crippen LogP contribution in [0.25, 0.3) is 0 Å². The number of nitrogens with one attached hydrogen (secondary N) is 1. The van der Waals surface area contributed by atoms with Crippen LogP contribution < -0.4 is 5.32 Å². The number of esters is 4. The normalized spacial score (nSPS) is 30.7. The lowest BCUT2D eigenvalue weighted by Crippen LogP contribution is -2.82. The van der Waals surface area contributed by atoms with Gasteiger partial charge in [0.2, 0.25) is 0 Å². The Balaban J connectivity index is 1.56. The highest BCUT2D eigenvalue weighted by Gasteiger charge is 2.78. The largest absolute Gasteiger partial charge is 0.480 e. The Hall–Kier alpha value is -5.73. The molecule has 1 amide bonds. The number of ketones is 1. The quantitative estimate of drug-likeness (QED) is 0.110. The van der Waals surface area contributed by atoms with Gasteiger partial charge in [-0.15, -0.1) is 0 Å². The van der Waals surface area contributed by atoms with Crippen LogP contribution in [-0.4, -0.2) is 147 Å². The van der Waals surface area contributed by atoms with Crippen LogP contribution in [0.3, 0.4) is 0 Å². The molecule has 3 aliphatic carbocycles. The number of likely N-dealkylation sites (N-methyl/N-ethyl adjacent to an activating group) is 1. The highest BCUT2D eigenvalue weighted by Crippen LogP contribution is 2.64. The molecule has 2 aromatic rings. The van der Waals surface area contributed by atoms with E-state index >= 15 is 4.79 Å². The summed E-state index contributed by atoms with van der Waals surface area (Å²) in [4.78, 5) is 97.3. The molecule has 3 fully saturated rings. The van der Waals surface area contributed by atoms with E-state index in [0.29, 0.717) is 0 Å². The smallest absolute Gasteiger partial charge is 0.408 e. The second-order valence-corrected chi connectivity index (χ2v) is 19.6. The van der Waals surface area contributed by atoms with Gasteiger partial charge in [-0.2, -0.15) is 0 Å². The number of hydrogen-bond acceptors (Lipinski definition) is 17. The summed E-state index contributed by atoms with van der Waals surface area (Å²) in [6, 6.07) is 14.2. The Labute approximate surface area is 387 Å². The summed E-state index contributed by atoms with van der Waals surface area (Å²) in [5.41, 5.74) is -9.06. The van der Waals surface area contributed by atoms with Crippen molar-refractivity contribution in [2.45, 2.75) is 128 Å². The fraction of sp³-hybridized carbons (Fsp3) is 0.562. The van der Waals surface area contributed by atoms with Crippen molar-refractivity contribution in [3.8, 4) is 0 Å². The summed E-state index contributed by atoms with van der Waals surface area (Å²) in [6.07, 6.45) is -12.3. The summed E-state index contributed by atoms with van der Waals surface area (Å²) in [6.45, 7) is 10.2. The zero-order chi connectivity index (χ0) is 49.6. The molecule has 364 valence electrons.